The molecule has 2 rings (SSSR count). The second-order valence-corrected chi connectivity index (χ2v) is 5.95. The maximum atomic E-state index is 4.27. The molecule has 1 fully saturated rings. The molecule has 21 heavy (non-hydrogen) atoms. The van der Waals surface area contributed by atoms with Crippen molar-refractivity contribution in [2.75, 3.05) is 21.1 Å². The van der Waals surface area contributed by atoms with Crippen molar-refractivity contribution >= 4 is 29.9 Å². The standard InChI is InChI=1S/C16H26N4.HI/c1-12-8-15(12)19-16(17-2)18-10-13-6-5-7-14(9-13)11-20(3)4;/h5-7,9,12,15H,8,10-11H2,1-4H3,(H2,17,18,19);1H. The SMILES string of the molecule is CN=C(NCc1cccc(CN(C)C)c1)NC1CC1C.I. The summed E-state index contributed by atoms with van der Waals surface area (Å²) in [6, 6.07) is 9.29. The molecule has 0 amide bonds. The fourth-order valence-electron chi connectivity index (χ4n) is 2.28. The zero-order valence-corrected chi connectivity index (χ0v) is 15.7. The van der Waals surface area contributed by atoms with E-state index in [9.17, 15) is 0 Å². The van der Waals surface area contributed by atoms with Crippen LogP contribution >= 0.6 is 24.0 Å². The third-order valence-corrected chi connectivity index (χ3v) is 3.61. The number of halogens is 1. The lowest BCUT2D eigenvalue weighted by Crippen LogP contribution is -2.38. The van der Waals surface area contributed by atoms with E-state index < -0.39 is 0 Å². The van der Waals surface area contributed by atoms with E-state index in [0.717, 1.165) is 25.0 Å². The van der Waals surface area contributed by atoms with Crippen molar-refractivity contribution in [3.8, 4) is 0 Å². The van der Waals surface area contributed by atoms with Crippen LogP contribution in [0.1, 0.15) is 24.5 Å². The van der Waals surface area contributed by atoms with Gasteiger partial charge < -0.3 is 15.5 Å². The summed E-state index contributed by atoms with van der Waals surface area (Å²) in [5, 5.41) is 6.82. The maximum Gasteiger partial charge on any atom is 0.191 e. The van der Waals surface area contributed by atoms with Crippen LogP contribution in [0.15, 0.2) is 29.3 Å². The van der Waals surface area contributed by atoms with Crippen molar-refractivity contribution in [2.24, 2.45) is 10.9 Å². The Morgan fingerprint density at radius 1 is 1.33 bits per heavy atom. The number of aliphatic imine (C=N–C) groups is 1. The molecule has 1 aromatic rings. The Morgan fingerprint density at radius 3 is 2.57 bits per heavy atom. The molecule has 1 aromatic carbocycles. The Kier molecular flexibility index (Phi) is 7.45. The summed E-state index contributed by atoms with van der Waals surface area (Å²) in [6.45, 7) is 4.04. The van der Waals surface area contributed by atoms with Crippen LogP contribution in [0, 0.1) is 5.92 Å². The molecule has 0 saturated heterocycles. The lowest BCUT2D eigenvalue weighted by Gasteiger charge is -2.13. The minimum Gasteiger partial charge on any atom is -0.353 e. The van der Waals surface area contributed by atoms with Crippen LogP contribution in [0.3, 0.4) is 0 Å². The normalized spacial score (nSPS) is 20.9. The first-order chi connectivity index (χ1) is 9.58. The smallest absolute Gasteiger partial charge is 0.191 e. The predicted octanol–water partition coefficient (Wildman–Crippen LogP) is 2.44. The Hall–Kier alpha value is -0.820. The number of rotatable bonds is 5. The molecular weight excluding hydrogens is 375 g/mol. The summed E-state index contributed by atoms with van der Waals surface area (Å²) >= 11 is 0. The lowest BCUT2D eigenvalue weighted by atomic mass is 10.1. The number of hydrogen-bond acceptors (Lipinski definition) is 2. The van der Waals surface area contributed by atoms with Gasteiger partial charge in [-0.3, -0.25) is 4.99 Å². The molecule has 1 saturated carbocycles. The molecule has 118 valence electrons. The average molecular weight is 402 g/mol. The average Bonchev–Trinajstić information content (AvgIpc) is 3.09. The van der Waals surface area contributed by atoms with Crippen LogP contribution < -0.4 is 10.6 Å². The van der Waals surface area contributed by atoms with Crippen molar-refractivity contribution in [2.45, 2.75) is 32.5 Å². The van der Waals surface area contributed by atoms with Gasteiger partial charge in [0.2, 0.25) is 0 Å². The highest BCUT2D eigenvalue weighted by atomic mass is 127. The Labute approximate surface area is 145 Å². The van der Waals surface area contributed by atoms with Gasteiger partial charge in [-0.2, -0.15) is 0 Å². The first-order valence-electron chi connectivity index (χ1n) is 7.28. The topological polar surface area (TPSA) is 39.7 Å². The van der Waals surface area contributed by atoms with Crippen molar-refractivity contribution in [1.29, 1.82) is 0 Å². The molecular formula is C16H27IN4. The van der Waals surface area contributed by atoms with Crippen LogP contribution in [0.2, 0.25) is 0 Å². The summed E-state index contributed by atoms with van der Waals surface area (Å²) in [5.74, 6) is 1.68. The summed E-state index contributed by atoms with van der Waals surface area (Å²) in [6.07, 6.45) is 1.25. The lowest BCUT2D eigenvalue weighted by molar-refractivity contribution is 0.402. The van der Waals surface area contributed by atoms with Crippen LogP contribution in [-0.2, 0) is 13.1 Å². The zero-order chi connectivity index (χ0) is 14.5. The molecule has 0 spiro atoms. The van der Waals surface area contributed by atoms with E-state index in [2.05, 4.69) is 65.8 Å². The first kappa shape index (κ1) is 18.2. The van der Waals surface area contributed by atoms with E-state index in [1.54, 1.807) is 0 Å². The molecule has 2 unspecified atom stereocenters. The Balaban J connectivity index is 0.00000220. The summed E-state index contributed by atoms with van der Waals surface area (Å²) < 4.78 is 0. The zero-order valence-electron chi connectivity index (χ0n) is 13.4. The third kappa shape index (κ3) is 6.22. The number of nitrogens with zero attached hydrogens (tertiary/aromatic N) is 2. The van der Waals surface area contributed by atoms with Gasteiger partial charge in [-0.05, 0) is 37.6 Å². The molecule has 1 aliphatic rings. The quantitative estimate of drug-likeness (QED) is 0.452. The van der Waals surface area contributed by atoms with Gasteiger partial charge in [-0.1, -0.05) is 31.2 Å². The van der Waals surface area contributed by atoms with E-state index in [-0.39, 0.29) is 24.0 Å². The van der Waals surface area contributed by atoms with Crippen molar-refractivity contribution in [3.63, 3.8) is 0 Å². The molecule has 0 radical (unpaired) electrons. The number of guanidine groups is 1. The second-order valence-electron chi connectivity index (χ2n) is 5.95. The second kappa shape index (κ2) is 8.58. The van der Waals surface area contributed by atoms with Crippen molar-refractivity contribution < 1.29 is 0 Å². The number of nitrogens with one attached hydrogen (secondary N) is 2. The highest BCUT2D eigenvalue weighted by Gasteiger charge is 2.33. The molecule has 0 aliphatic heterocycles. The fourth-order valence-corrected chi connectivity index (χ4v) is 2.28. The fraction of sp³-hybridized carbons (Fsp3) is 0.562. The first-order valence-corrected chi connectivity index (χ1v) is 7.28. The largest absolute Gasteiger partial charge is 0.353 e. The minimum atomic E-state index is 0. The van der Waals surface area contributed by atoms with E-state index >= 15 is 0 Å². The third-order valence-electron chi connectivity index (χ3n) is 3.61. The van der Waals surface area contributed by atoms with Gasteiger partial charge in [0.15, 0.2) is 5.96 Å². The molecule has 2 atom stereocenters. The van der Waals surface area contributed by atoms with Gasteiger partial charge >= 0.3 is 0 Å². The minimum absolute atomic E-state index is 0. The van der Waals surface area contributed by atoms with E-state index in [0.29, 0.717) is 6.04 Å². The molecule has 0 aromatic heterocycles. The van der Waals surface area contributed by atoms with Gasteiger partial charge in [0, 0.05) is 26.2 Å². The summed E-state index contributed by atoms with van der Waals surface area (Å²) in [7, 11) is 6.01. The molecule has 0 bridgehead atoms. The summed E-state index contributed by atoms with van der Waals surface area (Å²) in [4.78, 5) is 6.46. The Bertz CT molecular complexity index is 473. The van der Waals surface area contributed by atoms with Gasteiger partial charge in [-0.15, -0.1) is 24.0 Å². The van der Waals surface area contributed by atoms with Crippen LogP contribution in [0.5, 0.6) is 0 Å². The molecule has 1 aliphatic carbocycles. The van der Waals surface area contributed by atoms with Crippen molar-refractivity contribution in [3.05, 3.63) is 35.4 Å². The van der Waals surface area contributed by atoms with Gasteiger partial charge in [0.25, 0.3) is 0 Å². The van der Waals surface area contributed by atoms with Gasteiger partial charge in [-0.25, -0.2) is 0 Å². The monoisotopic (exact) mass is 402 g/mol. The van der Waals surface area contributed by atoms with Crippen LogP contribution in [-0.4, -0.2) is 38.0 Å². The van der Waals surface area contributed by atoms with Gasteiger partial charge in [0.05, 0.1) is 0 Å². The maximum absolute atomic E-state index is 4.27. The highest BCUT2D eigenvalue weighted by Crippen LogP contribution is 2.28. The van der Waals surface area contributed by atoms with E-state index in [1.807, 2.05) is 7.05 Å². The van der Waals surface area contributed by atoms with E-state index in [4.69, 9.17) is 0 Å². The molecule has 2 N–H and O–H groups in total. The Morgan fingerprint density at radius 2 is 2.00 bits per heavy atom. The molecule has 4 nitrogen and oxygen atoms in total. The predicted molar refractivity (Wildman–Crippen MR) is 100 cm³/mol. The number of benzene rings is 1. The highest BCUT2D eigenvalue weighted by molar-refractivity contribution is 14.0. The van der Waals surface area contributed by atoms with Crippen molar-refractivity contribution in [1.82, 2.24) is 15.5 Å². The van der Waals surface area contributed by atoms with Crippen LogP contribution in [0.4, 0.5) is 0 Å². The molecule has 0 heterocycles. The van der Waals surface area contributed by atoms with Crippen LogP contribution in [0.25, 0.3) is 0 Å². The summed E-state index contributed by atoms with van der Waals surface area (Å²) in [5.41, 5.74) is 2.63. The number of hydrogen-bond donors (Lipinski definition) is 2. The molecule has 5 heteroatoms. The van der Waals surface area contributed by atoms with E-state index in [1.165, 1.54) is 17.5 Å². The van der Waals surface area contributed by atoms with Gasteiger partial charge in [0.1, 0.15) is 0 Å².